The van der Waals surface area contributed by atoms with Crippen molar-refractivity contribution in [3.63, 3.8) is 0 Å². The number of nitrogens with zero attached hydrogens (tertiary/aromatic N) is 1. The fourth-order valence-corrected chi connectivity index (χ4v) is 3.68. The van der Waals surface area contributed by atoms with E-state index in [1.807, 2.05) is 39.0 Å². The van der Waals surface area contributed by atoms with Crippen molar-refractivity contribution in [2.75, 3.05) is 20.2 Å². The lowest BCUT2D eigenvalue weighted by molar-refractivity contribution is -0.145. The van der Waals surface area contributed by atoms with Crippen LogP contribution in [0.4, 0.5) is 4.79 Å². The Morgan fingerprint density at radius 2 is 1.82 bits per heavy atom. The van der Waals surface area contributed by atoms with Gasteiger partial charge in [-0.05, 0) is 37.1 Å². The van der Waals surface area contributed by atoms with Gasteiger partial charge in [0, 0.05) is 19.6 Å². The first-order valence-electron chi connectivity index (χ1n) is 9.53. The van der Waals surface area contributed by atoms with Gasteiger partial charge in [-0.2, -0.15) is 0 Å². The average Bonchev–Trinajstić information content (AvgIpc) is 3.02. The van der Waals surface area contributed by atoms with E-state index in [2.05, 4.69) is 34.5 Å². The van der Waals surface area contributed by atoms with Crippen molar-refractivity contribution in [3.8, 4) is 0 Å². The van der Waals surface area contributed by atoms with E-state index in [4.69, 9.17) is 9.47 Å². The zero-order valence-corrected chi connectivity index (χ0v) is 16.9. The van der Waals surface area contributed by atoms with Gasteiger partial charge in [0.1, 0.15) is 5.60 Å². The third-order valence-corrected chi connectivity index (χ3v) is 4.88. The SMILES string of the molecule is COC(=O)C1CN(Cc2cccc3ccccc23)CC1NC(=O)OC(C)(C)C. The van der Waals surface area contributed by atoms with Crippen molar-refractivity contribution in [1.82, 2.24) is 10.2 Å². The fourth-order valence-electron chi connectivity index (χ4n) is 3.68. The van der Waals surface area contributed by atoms with Gasteiger partial charge in [-0.15, -0.1) is 0 Å². The van der Waals surface area contributed by atoms with Gasteiger partial charge in [-0.3, -0.25) is 9.69 Å². The number of nitrogens with one attached hydrogen (secondary N) is 1. The van der Waals surface area contributed by atoms with E-state index in [0.29, 0.717) is 19.6 Å². The molecule has 2 aromatic rings. The smallest absolute Gasteiger partial charge is 0.407 e. The Morgan fingerprint density at radius 1 is 1.11 bits per heavy atom. The first-order valence-corrected chi connectivity index (χ1v) is 9.53. The lowest BCUT2D eigenvalue weighted by atomic mass is 10.0. The van der Waals surface area contributed by atoms with Crippen LogP contribution in [0.3, 0.4) is 0 Å². The minimum absolute atomic E-state index is 0.318. The maximum absolute atomic E-state index is 12.3. The summed E-state index contributed by atoms with van der Waals surface area (Å²) >= 11 is 0. The Kier molecular flexibility index (Phi) is 5.89. The molecule has 1 fully saturated rings. The number of hydrogen-bond donors (Lipinski definition) is 1. The monoisotopic (exact) mass is 384 g/mol. The maximum Gasteiger partial charge on any atom is 0.407 e. The van der Waals surface area contributed by atoms with Crippen molar-refractivity contribution in [3.05, 3.63) is 48.0 Å². The number of hydrogen-bond acceptors (Lipinski definition) is 5. The van der Waals surface area contributed by atoms with E-state index >= 15 is 0 Å². The Morgan fingerprint density at radius 3 is 2.54 bits per heavy atom. The Hall–Kier alpha value is -2.60. The zero-order chi connectivity index (χ0) is 20.3. The Bertz CT molecular complexity index is 854. The lowest BCUT2D eigenvalue weighted by Crippen LogP contribution is -2.45. The molecule has 6 heteroatoms. The molecule has 1 aliphatic heterocycles. The fraction of sp³-hybridized carbons (Fsp3) is 0.455. The molecule has 0 bridgehead atoms. The number of alkyl carbamates (subject to hydrolysis) is 1. The number of carbonyl (C=O) groups excluding carboxylic acids is 2. The van der Waals surface area contributed by atoms with Crippen LogP contribution in [0, 0.1) is 5.92 Å². The molecule has 1 saturated heterocycles. The van der Waals surface area contributed by atoms with E-state index < -0.39 is 17.6 Å². The summed E-state index contributed by atoms with van der Waals surface area (Å²) in [7, 11) is 1.38. The first-order chi connectivity index (χ1) is 13.3. The predicted molar refractivity (Wildman–Crippen MR) is 108 cm³/mol. The molecule has 2 atom stereocenters. The molecule has 2 aromatic carbocycles. The predicted octanol–water partition coefficient (Wildman–Crippen LogP) is 3.34. The van der Waals surface area contributed by atoms with E-state index in [9.17, 15) is 9.59 Å². The minimum Gasteiger partial charge on any atom is -0.469 e. The van der Waals surface area contributed by atoms with Gasteiger partial charge in [0.05, 0.1) is 19.1 Å². The maximum atomic E-state index is 12.3. The highest BCUT2D eigenvalue weighted by Gasteiger charge is 2.40. The highest BCUT2D eigenvalue weighted by molar-refractivity contribution is 5.85. The quantitative estimate of drug-likeness (QED) is 0.819. The molecule has 1 heterocycles. The van der Waals surface area contributed by atoms with Crippen molar-refractivity contribution >= 4 is 22.8 Å². The molecule has 6 nitrogen and oxygen atoms in total. The number of rotatable bonds is 4. The minimum atomic E-state index is -0.591. The highest BCUT2D eigenvalue weighted by Crippen LogP contribution is 2.25. The number of esters is 1. The first kappa shape index (κ1) is 20.1. The topological polar surface area (TPSA) is 67.9 Å². The lowest BCUT2D eigenvalue weighted by Gasteiger charge is -2.23. The largest absolute Gasteiger partial charge is 0.469 e. The molecule has 28 heavy (non-hydrogen) atoms. The second kappa shape index (κ2) is 8.19. The second-order valence-electron chi connectivity index (χ2n) is 8.21. The molecular weight excluding hydrogens is 356 g/mol. The van der Waals surface area contributed by atoms with E-state index in [1.54, 1.807) is 0 Å². The summed E-state index contributed by atoms with van der Waals surface area (Å²) in [6, 6.07) is 14.1. The molecular formula is C22H28N2O4. The summed E-state index contributed by atoms with van der Waals surface area (Å²) in [6.07, 6.45) is -0.515. The van der Waals surface area contributed by atoms with E-state index in [0.717, 1.165) is 0 Å². The summed E-state index contributed by atoms with van der Waals surface area (Å²) < 4.78 is 10.3. The number of ether oxygens (including phenoxy) is 2. The Labute approximate surface area is 165 Å². The number of carbonyl (C=O) groups is 2. The van der Waals surface area contributed by atoms with Gasteiger partial charge in [0.25, 0.3) is 0 Å². The van der Waals surface area contributed by atoms with Gasteiger partial charge >= 0.3 is 12.1 Å². The number of benzene rings is 2. The molecule has 0 spiro atoms. The van der Waals surface area contributed by atoms with Crippen molar-refractivity contribution in [2.24, 2.45) is 5.92 Å². The summed E-state index contributed by atoms with van der Waals surface area (Å²) in [5, 5.41) is 5.23. The molecule has 0 aliphatic carbocycles. The molecule has 2 unspecified atom stereocenters. The molecule has 1 N–H and O–H groups in total. The summed E-state index contributed by atoms with van der Waals surface area (Å²) in [6.45, 7) is 7.21. The van der Waals surface area contributed by atoms with Crippen LogP contribution in [-0.2, 0) is 20.8 Å². The van der Waals surface area contributed by atoms with Crippen LogP contribution in [0.5, 0.6) is 0 Å². The summed E-state index contributed by atoms with van der Waals surface area (Å²) in [5.74, 6) is -0.742. The highest BCUT2D eigenvalue weighted by atomic mass is 16.6. The number of amides is 1. The van der Waals surface area contributed by atoms with Gasteiger partial charge in [-0.25, -0.2) is 4.79 Å². The standard InChI is InChI=1S/C22H28N2O4/c1-22(2,3)28-21(26)23-19-14-24(13-18(19)20(25)27-4)12-16-10-7-9-15-8-5-6-11-17(15)16/h5-11,18-19H,12-14H2,1-4H3,(H,23,26). The van der Waals surface area contributed by atoms with Gasteiger partial charge in [0.15, 0.2) is 0 Å². The van der Waals surface area contributed by atoms with Crippen LogP contribution in [0.2, 0.25) is 0 Å². The van der Waals surface area contributed by atoms with Gasteiger partial charge < -0.3 is 14.8 Å². The number of likely N-dealkylation sites (tertiary alicyclic amines) is 1. The molecule has 1 amide bonds. The van der Waals surface area contributed by atoms with Crippen LogP contribution in [0.15, 0.2) is 42.5 Å². The second-order valence-corrected chi connectivity index (χ2v) is 8.21. The normalized spacial score (nSPS) is 20.1. The molecule has 0 aromatic heterocycles. The van der Waals surface area contributed by atoms with Crippen molar-refractivity contribution < 1.29 is 19.1 Å². The van der Waals surface area contributed by atoms with Crippen LogP contribution < -0.4 is 5.32 Å². The van der Waals surface area contributed by atoms with Crippen LogP contribution in [0.1, 0.15) is 26.3 Å². The van der Waals surface area contributed by atoms with Crippen molar-refractivity contribution in [1.29, 1.82) is 0 Å². The van der Waals surface area contributed by atoms with Crippen molar-refractivity contribution in [2.45, 2.75) is 39.0 Å². The average molecular weight is 384 g/mol. The van der Waals surface area contributed by atoms with Gasteiger partial charge in [-0.1, -0.05) is 42.5 Å². The van der Waals surface area contributed by atoms with Crippen LogP contribution in [-0.4, -0.2) is 48.8 Å². The Balaban J connectivity index is 1.74. The molecule has 3 rings (SSSR count). The molecule has 1 aliphatic rings. The van der Waals surface area contributed by atoms with Crippen LogP contribution in [0.25, 0.3) is 10.8 Å². The number of fused-ring (bicyclic) bond motifs is 1. The summed E-state index contributed by atoms with van der Waals surface area (Å²) in [5.41, 5.74) is 0.603. The molecule has 150 valence electrons. The van der Waals surface area contributed by atoms with E-state index in [1.165, 1.54) is 23.4 Å². The molecule has 0 radical (unpaired) electrons. The third-order valence-electron chi connectivity index (χ3n) is 4.88. The van der Waals surface area contributed by atoms with Gasteiger partial charge in [0.2, 0.25) is 0 Å². The summed E-state index contributed by atoms with van der Waals surface area (Å²) in [4.78, 5) is 26.6. The van der Waals surface area contributed by atoms with Crippen LogP contribution >= 0.6 is 0 Å². The van der Waals surface area contributed by atoms with E-state index in [-0.39, 0.29) is 12.0 Å². The third kappa shape index (κ3) is 4.81. The molecule has 0 saturated carbocycles. The number of methoxy groups -OCH3 is 1. The zero-order valence-electron chi connectivity index (χ0n) is 16.9.